The minimum absolute atomic E-state index is 0.347. The monoisotopic (exact) mass is 353 g/mol. The quantitative estimate of drug-likeness (QED) is 0.806. The molecule has 1 amide bonds. The number of carbonyl (C=O) groups excluding carboxylic acids is 2. The van der Waals surface area contributed by atoms with Crippen LogP contribution in [0.4, 0.5) is 10.7 Å². The summed E-state index contributed by atoms with van der Waals surface area (Å²) in [4.78, 5) is 24.3. The minimum atomic E-state index is -0.953. The smallest absolute Gasteiger partial charge is 0.343 e. The molecule has 0 radical (unpaired) electrons. The predicted molar refractivity (Wildman–Crippen MR) is 91.4 cm³/mol. The second-order valence-electron chi connectivity index (χ2n) is 4.77. The van der Waals surface area contributed by atoms with E-state index in [1.165, 1.54) is 18.5 Å². The van der Waals surface area contributed by atoms with Gasteiger partial charge in [0, 0.05) is 17.8 Å². The zero-order valence-corrected chi connectivity index (χ0v) is 14.4. The van der Waals surface area contributed by atoms with E-state index in [0.717, 1.165) is 0 Å². The Balaban J connectivity index is 2.03. The summed E-state index contributed by atoms with van der Waals surface area (Å²) in [6.07, 6.45) is -0.953. The number of nitrogens with one attached hydrogen (secondary N) is 2. The summed E-state index contributed by atoms with van der Waals surface area (Å²) >= 11 is 7.03. The third-order valence-corrected chi connectivity index (χ3v) is 4.23. The fraction of sp³-hybridized carbons (Fsp3) is 0.267. The molecule has 0 aliphatic heterocycles. The highest BCUT2D eigenvalue weighted by atomic mass is 35.5. The number of aryl methyl sites for hydroxylation is 1. The number of benzene rings is 1. The van der Waals surface area contributed by atoms with E-state index in [0.29, 0.717) is 27.0 Å². The van der Waals surface area contributed by atoms with E-state index >= 15 is 0 Å². The summed E-state index contributed by atoms with van der Waals surface area (Å²) in [6.45, 7) is 3.22. The lowest BCUT2D eigenvalue weighted by Crippen LogP contribution is -2.30. The first-order chi connectivity index (χ1) is 10.9. The molecule has 2 rings (SSSR count). The molecular weight excluding hydrogens is 338 g/mol. The molecule has 0 saturated carbocycles. The molecule has 0 aliphatic rings. The van der Waals surface area contributed by atoms with Gasteiger partial charge >= 0.3 is 5.97 Å². The van der Waals surface area contributed by atoms with E-state index in [4.69, 9.17) is 16.3 Å². The van der Waals surface area contributed by atoms with Gasteiger partial charge in [-0.25, -0.2) is 4.79 Å². The van der Waals surface area contributed by atoms with Gasteiger partial charge in [-0.2, -0.15) is 4.37 Å². The first kappa shape index (κ1) is 17.2. The van der Waals surface area contributed by atoms with Gasteiger partial charge in [0.1, 0.15) is 10.6 Å². The summed E-state index contributed by atoms with van der Waals surface area (Å²) in [6, 6.07) is 6.73. The lowest BCUT2D eigenvalue weighted by atomic mass is 10.2. The largest absolute Gasteiger partial charge is 0.449 e. The van der Waals surface area contributed by atoms with Crippen LogP contribution in [-0.4, -0.2) is 29.4 Å². The average Bonchev–Trinajstić information content (AvgIpc) is 2.88. The Labute approximate surface area is 143 Å². The topological polar surface area (TPSA) is 80.3 Å². The molecule has 0 saturated heterocycles. The summed E-state index contributed by atoms with van der Waals surface area (Å²) in [7, 11) is 1.69. The molecule has 8 heteroatoms. The molecule has 0 aliphatic carbocycles. The Morgan fingerprint density at radius 1 is 1.39 bits per heavy atom. The van der Waals surface area contributed by atoms with Crippen LogP contribution in [0.2, 0.25) is 5.02 Å². The van der Waals surface area contributed by atoms with Gasteiger partial charge < -0.3 is 15.4 Å². The summed E-state index contributed by atoms with van der Waals surface area (Å²) in [5, 5.41) is 6.65. The number of hydrogen-bond donors (Lipinski definition) is 2. The zero-order valence-electron chi connectivity index (χ0n) is 12.8. The molecule has 2 N–H and O–H groups in total. The molecule has 23 heavy (non-hydrogen) atoms. The van der Waals surface area contributed by atoms with Gasteiger partial charge in [-0.05, 0) is 43.6 Å². The van der Waals surface area contributed by atoms with E-state index in [2.05, 4.69) is 15.0 Å². The number of rotatable bonds is 5. The van der Waals surface area contributed by atoms with Crippen LogP contribution in [0.3, 0.4) is 0 Å². The van der Waals surface area contributed by atoms with Crippen LogP contribution in [0.25, 0.3) is 0 Å². The van der Waals surface area contributed by atoms with Gasteiger partial charge in [0.2, 0.25) is 0 Å². The van der Waals surface area contributed by atoms with Crippen molar-refractivity contribution in [2.45, 2.75) is 20.0 Å². The first-order valence-corrected chi connectivity index (χ1v) is 7.99. The summed E-state index contributed by atoms with van der Waals surface area (Å²) in [5.74, 6) is -1.03. The van der Waals surface area contributed by atoms with Gasteiger partial charge in [0.25, 0.3) is 5.91 Å². The summed E-state index contributed by atoms with van der Waals surface area (Å²) in [5.41, 5.74) is 1.45. The molecule has 122 valence electrons. The van der Waals surface area contributed by atoms with Crippen molar-refractivity contribution in [3.8, 4) is 0 Å². The number of anilines is 2. The van der Waals surface area contributed by atoms with Gasteiger partial charge in [0.15, 0.2) is 6.10 Å². The van der Waals surface area contributed by atoms with Gasteiger partial charge in [-0.3, -0.25) is 4.79 Å². The Kier molecular flexibility index (Phi) is 5.57. The van der Waals surface area contributed by atoms with Crippen molar-refractivity contribution in [3.63, 3.8) is 0 Å². The Morgan fingerprint density at radius 2 is 2.13 bits per heavy atom. The second kappa shape index (κ2) is 7.43. The first-order valence-electron chi connectivity index (χ1n) is 6.83. The molecule has 1 atom stereocenters. The van der Waals surface area contributed by atoms with Crippen molar-refractivity contribution >= 4 is 45.7 Å². The molecule has 0 spiro atoms. The van der Waals surface area contributed by atoms with E-state index in [1.807, 2.05) is 0 Å². The van der Waals surface area contributed by atoms with Crippen molar-refractivity contribution in [1.82, 2.24) is 4.37 Å². The standard InChI is InChI=1S/C15H16ClN3O3S/c1-8-12(14(17-3)23-19-8)15(21)22-9(2)13(20)18-11-6-4-5-10(16)7-11/h4-7,9,17H,1-3H3,(H,18,20)/t9-/m0/s1. The highest BCUT2D eigenvalue weighted by Crippen LogP contribution is 2.25. The van der Waals surface area contributed by atoms with Crippen LogP contribution in [0, 0.1) is 6.92 Å². The lowest BCUT2D eigenvalue weighted by molar-refractivity contribution is -0.123. The van der Waals surface area contributed by atoms with Gasteiger partial charge in [-0.15, -0.1) is 0 Å². The van der Waals surface area contributed by atoms with Crippen LogP contribution < -0.4 is 10.6 Å². The van der Waals surface area contributed by atoms with Crippen molar-refractivity contribution in [2.24, 2.45) is 0 Å². The maximum Gasteiger partial charge on any atom is 0.343 e. The third kappa shape index (κ3) is 4.20. The van der Waals surface area contributed by atoms with Crippen LogP contribution in [0.15, 0.2) is 24.3 Å². The minimum Gasteiger partial charge on any atom is -0.449 e. The Hall–Kier alpha value is -2.12. The van der Waals surface area contributed by atoms with Crippen LogP contribution in [0.5, 0.6) is 0 Å². The molecule has 6 nitrogen and oxygen atoms in total. The molecule has 0 fully saturated rings. The molecule has 2 aromatic rings. The van der Waals surface area contributed by atoms with Crippen LogP contribution in [-0.2, 0) is 9.53 Å². The maximum atomic E-state index is 12.2. The SMILES string of the molecule is CNc1snc(C)c1C(=O)O[C@@H](C)C(=O)Nc1cccc(Cl)c1. The molecule has 1 aromatic carbocycles. The van der Waals surface area contributed by atoms with E-state index < -0.39 is 18.0 Å². The van der Waals surface area contributed by atoms with Crippen molar-refractivity contribution in [3.05, 3.63) is 40.5 Å². The predicted octanol–water partition coefficient (Wildman–Crippen LogP) is 3.33. The van der Waals surface area contributed by atoms with Crippen molar-refractivity contribution in [1.29, 1.82) is 0 Å². The van der Waals surface area contributed by atoms with Crippen molar-refractivity contribution in [2.75, 3.05) is 17.7 Å². The van der Waals surface area contributed by atoms with Crippen LogP contribution >= 0.6 is 23.1 Å². The molecule has 1 aromatic heterocycles. The lowest BCUT2D eigenvalue weighted by Gasteiger charge is -2.14. The molecule has 1 heterocycles. The maximum absolute atomic E-state index is 12.2. The zero-order chi connectivity index (χ0) is 17.0. The van der Waals surface area contributed by atoms with Crippen molar-refractivity contribution < 1.29 is 14.3 Å². The number of nitrogens with zero attached hydrogens (tertiary/aromatic N) is 1. The number of esters is 1. The number of ether oxygens (including phenoxy) is 1. The highest BCUT2D eigenvalue weighted by Gasteiger charge is 2.24. The highest BCUT2D eigenvalue weighted by molar-refractivity contribution is 7.10. The van der Waals surface area contributed by atoms with Gasteiger partial charge in [0.05, 0.1) is 5.69 Å². The Bertz CT molecular complexity index is 733. The number of aromatic nitrogens is 1. The molecule has 0 unspecified atom stereocenters. The number of halogens is 1. The molecule has 0 bridgehead atoms. The number of hydrogen-bond acceptors (Lipinski definition) is 6. The fourth-order valence-corrected chi connectivity index (χ4v) is 2.79. The normalized spacial score (nSPS) is 11.7. The second-order valence-corrected chi connectivity index (χ2v) is 5.98. The van der Waals surface area contributed by atoms with Crippen LogP contribution in [0.1, 0.15) is 23.0 Å². The number of amides is 1. The fourth-order valence-electron chi connectivity index (χ4n) is 1.86. The average molecular weight is 354 g/mol. The summed E-state index contributed by atoms with van der Waals surface area (Å²) < 4.78 is 9.33. The third-order valence-electron chi connectivity index (χ3n) is 3.04. The van der Waals surface area contributed by atoms with E-state index in [-0.39, 0.29) is 0 Å². The molecular formula is C15H16ClN3O3S. The van der Waals surface area contributed by atoms with E-state index in [9.17, 15) is 9.59 Å². The number of carbonyl (C=O) groups is 2. The van der Waals surface area contributed by atoms with E-state index in [1.54, 1.807) is 38.2 Å². The van der Waals surface area contributed by atoms with Gasteiger partial charge in [-0.1, -0.05) is 17.7 Å². The Morgan fingerprint density at radius 3 is 2.78 bits per heavy atom.